The van der Waals surface area contributed by atoms with Crippen molar-refractivity contribution in [2.45, 2.75) is 83.4 Å². The van der Waals surface area contributed by atoms with Crippen LogP contribution in [0, 0.1) is 0 Å². The standard InChI is InChI=1S/C13H30N2O/c1-11(2,14)7-6-8-13(5,16)10-9-12(3,4)15/h16H,6-10,14-15H2,1-5H3. The zero-order valence-electron chi connectivity index (χ0n) is 11.6. The van der Waals surface area contributed by atoms with Crippen molar-refractivity contribution in [1.29, 1.82) is 0 Å². The Kier molecular flexibility index (Phi) is 5.44. The Labute approximate surface area is 101 Å². The Hall–Kier alpha value is -0.120. The zero-order valence-corrected chi connectivity index (χ0v) is 11.6. The number of nitrogens with two attached hydrogens (primary N) is 2. The van der Waals surface area contributed by atoms with E-state index in [1.165, 1.54) is 0 Å². The molecule has 0 aliphatic rings. The molecule has 5 N–H and O–H groups in total. The molecule has 0 aromatic carbocycles. The van der Waals surface area contributed by atoms with Crippen molar-refractivity contribution < 1.29 is 5.11 Å². The highest BCUT2D eigenvalue weighted by molar-refractivity contribution is 4.81. The van der Waals surface area contributed by atoms with E-state index < -0.39 is 5.60 Å². The van der Waals surface area contributed by atoms with Gasteiger partial charge in [-0.3, -0.25) is 0 Å². The number of aliphatic hydroxyl groups is 1. The summed E-state index contributed by atoms with van der Waals surface area (Å²) < 4.78 is 0. The normalized spacial score (nSPS) is 17.2. The summed E-state index contributed by atoms with van der Waals surface area (Å²) in [7, 11) is 0. The quantitative estimate of drug-likeness (QED) is 0.627. The fourth-order valence-electron chi connectivity index (χ4n) is 1.64. The molecule has 0 spiro atoms. The molecule has 0 radical (unpaired) electrons. The van der Waals surface area contributed by atoms with E-state index in [0.717, 1.165) is 32.1 Å². The lowest BCUT2D eigenvalue weighted by Crippen LogP contribution is -2.36. The second kappa shape index (κ2) is 5.48. The third-order valence-electron chi connectivity index (χ3n) is 2.84. The number of rotatable bonds is 7. The molecule has 0 rings (SSSR count). The average Bonchev–Trinajstić information content (AvgIpc) is 1.97. The van der Waals surface area contributed by atoms with Crippen LogP contribution in [-0.4, -0.2) is 21.8 Å². The second-order valence-corrected chi connectivity index (χ2v) is 6.83. The SMILES string of the molecule is CC(C)(N)CCCC(C)(O)CCC(C)(C)N. The molecular formula is C13H30N2O. The lowest BCUT2D eigenvalue weighted by molar-refractivity contribution is 0.0315. The van der Waals surface area contributed by atoms with Gasteiger partial charge in [-0.1, -0.05) is 0 Å². The minimum absolute atomic E-state index is 0.136. The molecule has 0 amide bonds. The second-order valence-electron chi connectivity index (χ2n) is 6.83. The summed E-state index contributed by atoms with van der Waals surface area (Å²) in [6, 6.07) is 0. The Morgan fingerprint density at radius 1 is 0.750 bits per heavy atom. The van der Waals surface area contributed by atoms with Gasteiger partial charge in [-0.05, 0) is 66.7 Å². The van der Waals surface area contributed by atoms with Crippen molar-refractivity contribution in [2.75, 3.05) is 0 Å². The summed E-state index contributed by atoms with van der Waals surface area (Å²) in [5, 5.41) is 10.2. The number of hydrogen-bond acceptors (Lipinski definition) is 3. The molecule has 0 aromatic heterocycles. The van der Waals surface area contributed by atoms with Gasteiger partial charge in [-0.25, -0.2) is 0 Å². The van der Waals surface area contributed by atoms with E-state index in [9.17, 15) is 5.11 Å². The molecule has 3 heteroatoms. The van der Waals surface area contributed by atoms with Crippen LogP contribution in [0.2, 0.25) is 0 Å². The van der Waals surface area contributed by atoms with E-state index in [1.807, 2.05) is 34.6 Å². The largest absolute Gasteiger partial charge is 0.390 e. The van der Waals surface area contributed by atoms with Crippen molar-refractivity contribution in [3.63, 3.8) is 0 Å². The maximum Gasteiger partial charge on any atom is 0.0620 e. The minimum Gasteiger partial charge on any atom is -0.390 e. The van der Waals surface area contributed by atoms with E-state index in [4.69, 9.17) is 11.5 Å². The lowest BCUT2D eigenvalue weighted by atomic mass is 9.86. The summed E-state index contributed by atoms with van der Waals surface area (Å²) in [5.74, 6) is 0. The van der Waals surface area contributed by atoms with Crippen LogP contribution in [0.3, 0.4) is 0 Å². The summed E-state index contributed by atoms with van der Waals surface area (Å²) >= 11 is 0. The first-order valence-electron chi connectivity index (χ1n) is 6.22. The summed E-state index contributed by atoms with van der Waals surface area (Å²) in [6.07, 6.45) is 4.29. The van der Waals surface area contributed by atoms with Gasteiger partial charge >= 0.3 is 0 Å². The highest BCUT2D eigenvalue weighted by atomic mass is 16.3. The molecule has 0 heterocycles. The highest BCUT2D eigenvalue weighted by Gasteiger charge is 2.24. The zero-order chi connectivity index (χ0) is 13.0. The van der Waals surface area contributed by atoms with Crippen molar-refractivity contribution in [3.8, 4) is 0 Å². The molecule has 0 fully saturated rings. The fraction of sp³-hybridized carbons (Fsp3) is 1.00. The molecule has 0 saturated heterocycles. The van der Waals surface area contributed by atoms with E-state index >= 15 is 0 Å². The van der Waals surface area contributed by atoms with Crippen LogP contribution >= 0.6 is 0 Å². The van der Waals surface area contributed by atoms with E-state index in [0.29, 0.717) is 0 Å². The number of hydrogen-bond donors (Lipinski definition) is 3. The van der Waals surface area contributed by atoms with Gasteiger partial charge in [0.2, 0.25) is 0 Å². The smallest absolute Gasteiger partial charge is 0.0620 e. The van der Waals surface area contributed by atoms with Crippen molar-refractivity contribution in [2.24, 2.45) is 11.5 Å². The van der Waals surface area contributed by atoms with Crippen LogP contribution in [0.15, 0.2) is 0 Å². The Balaban J connectivity index is 3.88. The first-order chi connectivity index (χ1) is 6.91. The van der Waals surface area contributed by atoms with Gasteiger partial charge in [-0.2, -0.15) is 0 Å². The lowest BCUT2D eigenvalue weighted by Gasteiger charge is -2.29. The summed E-state index contributed by atoms with van der Waals surface area (Å²) in [4.78, 5) is 0. The van der Waals surface area contributed by atoms with Gasteiger partial charge in [-0.15, -0.1) is 0 Å². The summed E-state index contributed by atoms with van der Waals surface area (Å²) in [5.41, 5.74) is 10.9. The van der Waals surface area contributed by atoms with Crippen LogP contribution in [0.1, 0.15) is 66.7 Å². The predicted molar refractivity (Wildman–Crippen MR) is 70.2 cm³/mol. The van der Waals surface area contributed by atoms with Gasteiger partial charge in [0.25, 0.3) is 0 Å². The molecular weight excluding hydrogens is 200 g/mol. The molecule has 1 unspecified atom stereocenters. The Morgan fingerprint density at radius 2 is 1.19 bits per heavy atom. The third-order valence-corrected chi connectivity index (χ3v) is 2.84. The topological polar surface area (TPSA) is 72.3 Å². The Morgan fingerprint density at radius 3 is 1.56 bits per heavy atom. The van der Waals surface area contributed by atoms with Crippen molar-refractivity contribution >= 4 is 0 Å². The molecule has 16 heavy (non-hydrogen) atoms. The van der Waals surface area contributed by atoms with Crippen LogP contribution in [0.25, 0.3) is 0 Å². The maximum absolute atomic E-state index is 10.2. The monoisotopic (exact) mass is 230 g/mol. The molecule has 0 bridgehead atoms. The average molecular weight is 230 g/mol. The van der Waals surface area contributed by atoms with Gasteiger partial charge in [0, 0.05) is 11.1 Å². The van der Waals surface area contributed by atoms with Crippen LogP contribution < -0.4 is 11.5 Å². The van der Waals surface area contributed by atoms with Crippen molar-refractivity contribution in [3.05, 3.63) is 0 Å². The van der Waals surface area contributed by atoms with Gasteiger partial charge in [0.05, 0.1) is 5.60 Å². The molecule has 0 aliphatic carbocycles. The van der Waals surface area contributed by atoms with Crippen LogP contribution in [0.5, 0.6) is 0 Å². The fourth-order valence-corrected chi connectivity index (χ4v) is 1.64. The minimum atomic E-state index is -0.609. The first kappa shape index (κ1) is 15.9. The van der Waals surface area contributed by atoms with Gasteiger partial charge in [0.15, 0.2) is 0 Å². The Bertz CT molecular complexity index is 199. The molecule has 0 aromatic rings. The molecule has 1 atom stereocenters. The molecule has 0 saturated carbocycles. The van der Waals surface area contributed by atoms with E-state index in [2.05, 4.69) is 0 Å². The van der Waals surface area contributed by atoms with Crippen molar-refractivity contribution in [1.82, 2.24) is 0 Å². The van der Waals surface area contributed by atoms with Gasteiger partial charge < -0.3 is 16.6 Å². The molecule has 0 aliphatic heterocycles. The highest BCUT2D eigenvalue weighted by Crippen LogP contribution is 2.24. The van der Waals surface area contributed by atoms with E-state index in [1.54, 1.807) is 0 Å². The third kappa shape index (κ3) is 10.4. The molecule has 98 valence electrons. The van der Waals surface area contributed by atoms with Gasteiger partial charge in [0.1, 0.15) is 0 Å². The maximum atomic E-state index is 10.2. The van der Waals surface area contributed by atoms with Crippen LogP contribution in [0.4, 0.5) is 0 Å². The van der Waals surface area contributed by atoms with Crippen LogP contribution in [-0.2, 0) is 0 Å². The molecule has 3 nitrogen and oxygen atoms in total. The predicted octanol–water partition coefficient (Wildman–Crippen LogP) is 2.16. The first-order valence-corrected chi connectivity index (χ1v) is 6.22. The summed E-state index contributed by atoms with van der Waals surface area (Å²) in [6.45, 7) is 9.91. The van der Waals surface area contributed by atoms with E-state index in [-0.39, 0.29) is 11.1 Å².